The molecule has 0 saturated heterocycles. The van der Waals surface area contributed by atoms with Crippen molar-refractivity contribution in [2.75, 3.05) is 0 Å². The SMILES string of the molecule is C[C@@H](Cc1[nH]c(-c2ccccc2)cc1C(=O)O)SCc1c(Cl)cccc1Cl. The highest BCUT2D eigenvalue weighted by Crippen LogP contribution is 2.31. The highest BCUT2D eigenvalue weighted by molar-refractivity contribution is 7.99. The first kappa shape index (κ1) is 19.9. The molecule has 0 fully saturated rings. The fourth-order valence-corrected chi connectivity index (χ4v) is 4.60. The number of halogens is 2. The van der Waals surface area contributed by atoms with E-state index in [-0.39, 0.29) is 5.25 Å². The van der Waals surface area contributed by atoms with E-state index < -0.39 is 5.97 Å². The number of carboxylic acid groups (broad SMARTS) is 1. The first-order valence-corrected chi connectivity index (χ1v) is 10.3. The molecule has 0 saturated carbocycles. The summed E-state index contributed by atoms with van der Waals surface area (Å²) in [6.07, 6.45) is 0.612. The third-order valence-electron chi connectivity index (χ3n) is 4.28. The van der Waals surface area contributed by atoms with Crippen molar-refractivity contribution in [2.45, 2.75) is 24.3 Å². The number of rotatable bonds is 7. The quantitative estimate of drug-likeness (QED) is 0.456. The summed E-state index contributed by atoms with van der Waals surface area (Å²) >= 11 is 14.2. The Bertz CT molecular complexity index is 920. The van der Waals surface area contributed by atoms with Gasteiger partial charge in [0.25, 0.3) is 0 Å². The first-order chi connectivity index (χ1) is 13.0. The summed E-state index contributed by atoms with van der Waals surface area (Å²) in [6.45, 7) is 2.07. The number of carbonyl (C=O) groups is 1. The smallest absolute Gasteiger partial charge is 0.337 e. The van der Waals surface area contributed by atoms with Gasteiger partial charge in [0.2, 0.25) is 0 Å². The van der Waals surface area contributed by atoms with Crippen molar-refractivity contribution < 1.29 is 9.90 Å². The van der Waals surface area contributed by atoms with Crippen LogP contribution >= 0.6 is 35.0 Å². The van der Waals surface area contributed by atoms with Crippen molar-refractivity contribution in [2.24, 2.45) is 0 Å². The predicted molar refractivity (Wildman–Crippen MR) is 114 cm³/mol. The normalized spacial score (nSPS) is 12.1. The number of carboxylic acids is 1. The minimum atomic E-state index is -0.922. The highest BCUT2D eigenvalue weighted by atomic mass is 35.5. The van der Waals surface area contributed by atoms with Gasteiger partial charge in [-0.2, -0.15) is 11.8 Å². The Balaban J connectivity index is 1.74. The molecule has 0 bridgehead atoms. The monoisotopic (exact) mass is 419 g/mol. The largest absolute Gasteiger partial charge is 0.478 e. The van der Waals surface area contributed by atoms with Crippen molar-refractivity contribution in [3.8, 4) is 11.3 Å². The molecule has 0 aliphatic carbocycles. The van der Waals surface area contributed by atoms with Crippen LogP contribution in [0.2, 0.25) is 10.0 Å². The lowest BCUT2D eigenvalue weighted by Gasteiger charge is -2.13. The zero-order valence-electron chi connectivity index (χ0n) is 14.7. The van der Waals surface area contributed by atoms with E-state index in [1.807, 2.05) is 48.5 Å². The van der Waals surface area contributed by atoms with E-state index in [1.165, 1.54) is 0 Å². The molecule has 0 radical (unpaired) electrons. The van der Waals surface area contributed by atoms with Crippen molar-refractivity contribution in [1.29, 1.82) is 0 Å². The zero-order chi connectivity index (χ0) is 19.4. The van der Waals surface area contributed by atoms with Gasteiger partial charge < -0.3 is 10.1 Å². The van der Waals surface area contributed by atoms with Gasteiger partial charge in [0.15, 0.2) is 0 Å². The Kier molecular flexibility index (Phi) is 6.53. The predicted octanol–water partition coefficient (Wildman–Crippen LogP) is 6.55. The second-order valence-corrected chi connectivity index (χ2v) is 8.51. The van der Waals surface area contributed by atoms with Crippen LogP contribution in [0.3, 0.4) is 0 Å². The molecule has 0 amide bonds. The number of thioether (sulfide) groups is 1. The van der Waals surface area contributed by atoms with E-state index in [9.17, 15) is 9.90 Å². The molecule has 0 unspecified atom stereocenters. The number of aromatic nitrogens is 1. The van der Waals surface area contributed by atoms with Gasteiger partial charge in [0.05, 0.1) is 5.56 Å². The maximum absolute atomic E-state index is 11.7. The van der Waals surface area contributed by atoms with E-state index >= 15 is 0 Å². The Morgan fingerprint density at radius 1 is 1.11 bits per heavy atom. The molecule has 3 aromatic rings. The lowest BCUT2D eigenvalue weighted by molar-refractivity contribution is 0.0696. The summed E-state index contributed by atoms with van der Waals surface area (Å²) in [4.78, 5) is 14.9. The number of hydrogen-bond acceptors (Lipinski definition) is 2. The lowest BCUT2D eigenvalue weighted by Crippen LogP contribution is -2.07. The minimum absolute atomic E-state index is 0.192. The van der Waals surface area contributed by atoms with Crippen LogP contribution in [0.25, 0.3) is 11.3 Å². The Labute approximate surface area is 172 Å². The molecule has 0 spiro atoms. The van der Waals surface area contributed by atoms with Crippen LogP contribution in [0.4, 0.5) is 0 Å². The summed E-state index contributed by atoms with van der Waals surface area (Å²) in [6, 6.07) is 16.9. The van der Waals surface area contributed by atoms with Gasteiger partial charge in [-0.3, -0.25) is 0 Å². The molecule has 2 aromatic carbocycles. The van der Waals surface area contributed by atoms with Gasteiger partial charge in [-0.15, -0.1) is 0 Å². The number of H-pyrrole nitrogens is 1. The fraction of sp³-hybridized carbons (Fsp3) is 0.190. The average Bonchev–Trinajstić information content (AvgIpc) is 3.06. The molecule has 3 rings (SSSR count). The van der Waals surface area contributed by atoms with Gasteiger partial charge in [0.1, 0.15) is 0 Å². The Hall–Kier alpha value is -1.88. The lowest BCUT2D eigenvalue weighted by atomic mass is 10.1. The molecule has 1 aromatic heterocycles. The number of aromatic carboxylic acids is 1. The summed E-state index contributed by atoms with van der Waals surface area (Å²) in [5.41, 5.74) is 3.74. The molecule has 3 nitrogen and oxygen atoms in total. The van der Waals surface area contributed by atoms with Gasteiger partial charge in [-0.1, -0.05) is 66.5 Å². The number of aromatic amines is 1. The van der Waals surface area contributed by atoms with Crippen molar-refractivity contribution in [1.82, 2.24) is 4.98 Å². The molecule has 1 heterocycles. The first-order valence-electron chi connectivity index (χ1n) is 8.50. The molecule has 6 heteroatoms. The van der Waals surface area contributed by atoms with Crippen LogP contribution in [0, 0.1) is 0 Å². The van der Waals surface area contributed by atoms with Crippen LogP contribution in [-0.2, 0) is 12.2 Å². The zero-order valence-corrected chi connectivity index (χ0v) is 17.0. The standard InChI is InChI=1S/C21H19Cl2NO2S/c1-13(27-12-16-17(22)8-5-9-18(16)23)10-20-15(21(25)26)11-19(24-20)14-6-3-2-4-7-14/h2-9,11,13,24H,10,12H2,1H3,(H,25,26)/t13-/m0/s1. The van der Waals surface area contributed by atoms with Crippen LogP contribution < -0.4 is 0 Å². The molecule has 0 aliphatic rings. The molecule has 2 N–H and O–H groups in total. The van der Waals surface area contributed by atoms with Gasteiger partial charge >= 0.3 is 5.97 Å². The minimum Gasteiger partial charge on any atom is -0.478 e. The number of nitrogens with one attached hydrogen (secondary N) is 1. The van der Waals surface area contributed by atoms with E-state index in [0.29, 0.717) is 27.8 Å². The molecule has 1 atom stereocenters. The van der Waals surface area contributed by atoms with Gasteiger partial charge in [-0.05, 0) is 35.7 Å². The Morgan fingerprint density at radius 2 is 1.78 bits per heavy atom. The second-order valence-electron chi connectivity index (χ2n) is 6.27. The topological polar surface area (TPSA) is 53.1 Å². The number of benzene rings is 2. The average molecular weight is 420 g/mol. The fourth-order valence-electron chi connectivity index (χ4n) is 2.86. The van der Waals surface area contributed by atoms with Gasteiger partial charge in [-0.25, -0.2) is 4.79 Å². The van der Waals surface area contributed by atoms with E-state index in [0.717, 1.165) is 22.5 Å². The molecule has 140 valence electrons. The Morgan fingerprint density at radius 3 is 2.41 bits per heavy atom. The summed E-state index contributed by atoms with van der Waals surface area (Å²) in [5, 5.41) is 11.1. The molecular formula is C21H19Cl2NO2S. The van der Waals surface area contributed by atoms with Crippen LogP contribution in [-0.4, -0.2) is 21.3 Å². The molecular weight excluding hydrogens is 401 g/mol. The molecule has 0 aliphatic heterocycles. The highest BCUT2D eigenvalue weighted by Gasteiger charge is 2.18. The van der Waals surface area contributed by atoms with E-state index in [4.69, 9.17) is 23.2 Å². The maximum Gasteiger partial charge on any atom is 0.337 e. The maximum atomic E-state index is 11.7. The van der Waals surface area contributed by atoms with E-state index in [1.54, 1.807) is 17.8 Å². The van der Waals surface area contributed by atoms with Crippen LogP contribution in [0.15, 0.2) is 54.6 Å². The number of hydrogen-bond donors (Lipinski definition) is 2. The summed E-state index contributed by atoms with van der Waals surface area (Å²) in [7, 11) is 0. The second kappa shape index (κ2) is 8.87. The third-order valence-corrected chi connectivity index (χ3v) is 6.18. The van der Waals surface area contributed by atoms with Crippen molar-refractivity contribution >= 4 is 40.9 Å². The van der Waals surface area contributed by atoms with Crippen LogP contribution in [0.1, 0.15) is 28.5 Å². The third kappa shape index (κ3) is 4.89. The van der Waals surface area contributed by atoms with Crippen molar-refractivity contribution in [3.63, 3.8) is 0 Å². The summed E-state index contributed by atoms with van der Waals surface area (Å²) in [5.74, 6) is -0.247. The van der Waals surface area contributed by atoms with Crippen molar-refractivity contribution in [3.05, 3.63) is 81.5 Å². The summed E-state index contributed by atoms with van der Waals surface area (Å²) < 4.78 is 0. The molecule has 27 heavy (non-hydrogen) atoms. The van der Waals surface area contributed by atoms with Gasteiger partial charge in [0, 0.05) is 32.4 Å². The van der Waals surface area contributed by atoms with Crippen LogP contribution in [0.5, 0.6) is 0 Å². The van der Waals surface area contributed by atoms with E-state index in [2.05, 4.69) is 11.9 Å².